The van der Waals surface area contributed by atoms with Gasteiger partial charge in [0.1, 0.15) is 5.52 Å². The lowest BCUT2D eigenvalue weighted by atomic mass is 10.1. The number of benzene rings is 2. The molecule has 5 nitrogen and oxygen atoms in total. The third-order valence-electron chi connectivity index (χ3n) is 4.20. The molecule has 2 heterocycles. The molecule has 7 heteroatoms. The summed E-state index contributed by atoms with van der Waals surface area (Å²) < 4.78 is 5.76. The molecule has 3 aromatic rings. The van der Waals surface area contributed by atoms with Gasteiger partial charge in [-0.2, -0.15) is 0 Å². The number of fused-ring (bicyclic) bond motifs is 1. The Bertz CT molecular complexity index is 999. The Morgan fingerprint density at radius 3 is 2.80 bits per heavy atom. The lowest BCUT2D eigenvalue weighted by Gasteiger charge is -2.15. The van der Waals surface area contributed by atoms with E-state index in [1.54, 1.807) is 35.2 Å². The van der Waals surface area contributed by atoms with Gasteiger partial charge in [0.05, 0.1) is 5.92 Å². The summed E-state index contributed by atoms with van der Waals surface area (Å²) in [5, 5.41) is 0.112. The molecule has 1 aromatic heterocycles. The molecule has 1 aliphatic rings. The molecule has 4 rings (SSSR count). The fourth-order valence-corrected chi connectivity index (χ4v) is 3.27. The van der Waals surface area contributed by atoms with Crippen LogP contribution < -0.4 is 4.90 Å². The average molecular weight is 375 g/mol. The zero-order valence-corrected chi connectivity index (χ0v) is 14.4. The number of hydrogen-bond donors (Lipinski definition) is 0. The van der Waals surface area contributed by atoms with E-state index in [0.717, 1.165) is 5.56 Å². The maximum Gasteiger partial charge on any atom is 0.227 e. The zero-order chi connectivity index (χ0) is 17.6. The Labute approximate surface area is 153 Å². The van der Waals surface area contributed by atoms with Gasteiger partial charge in [0.2, 0.25) is 17.0 Å². The van der Waals surface area contributed by atoms with E-state index < -0.39 is 11.2 Å². The third kappa shape index (κ3) is 3.01. The van der Waals surface area contributed by atoms with Crippen molar-refractivity contribution in [1.29, 1.82) is 0 Å². The van der Waals surface area contributed by atoms with E-state index in [9.17, 15) is 9.59 Å². The summed E-state index contributed by atoms with van der Waals surface area (Å²) in [6.07, 6.45) is 0.132. The molecule has 0 spiro atoms. The van der Waals surface area contributed by atoms with Crippen molar-refractivity contribution in [3.8, 4) is 11.5 Å². The first-order valence-electron chi connectivity index (χ1n) is 7.67. The summed E-state index contributed by atoms with van der Waals surface area (Å²) in [6, 6.07) is 12.5. The summed E-state index contributed by atoms with van der Waals surface area (Å²) in [7, 11) is 0. The van der Waals surface area contributed by atoms with Gasteiger partial charge in [-0.3, -0.25) is 9.59 Å². The van der Waals surface area contributed by atoms with Gasteiger partial charge in [0.25, 0.3) is 0 Å². The number of nitrogens with zero attached hydrogens (tertiary/aromatic N) is 2. The maximum atomic E-state index is 12.1. The standard InChI is InChI=1S/C18H12Cl2N2O3/c19-12-3-1-2-10(6-12)18-21-14-8-13(4-5-15(14)25-18)22-9-11(17(20)24)7-16(22)23/h1-6,8,11H,7,9H2/t11-/m1/s1. The highest BCUT2D eigenvalue weighted by Gasteiger charge is 2.34. The summed E-state index contributed by atoms with van der Waals surface area (Å²) in [5.41, 5.74) is 2.68. The smallest absolute Gasteiger partial charge is 0.227 e. The molecule has 1 saturated heterocycles. The van der Waals surface area contributed by atoms with Crippen LogP contribution in [0.1, 0.15) is 6.42 Å². The largest absolute Gasteiger partial charge is 0.436 e. The second kappa shape index (κ2) is 6.17. The Kier molecular flexibility index (Phi) is 3.98. The molecule has 0 aliphatic carbocycles. The second-order valence-corrected chi connectivity index (χ2v) is 6.70. The normalized spacial score (nSPS) is 17.4. The molecule has 2 aromatic carbocycles. The SMILES string of the molecule is O=C(Cl)[C@@H]1CC(=O)N(c2ccc3oc(-c4cccc(Cl)c4)nc3c2)C1. The van der Waals surface area contributed by atoms with Crippen LogP contribution in [0.2, 0.25) is 5.02 Å². The summed E-state index contributed by atoms with van der Waals surface area (Å²) in [6.45, 7) is 0.283. The van der Waals surface area contributed by atoms with E-state index in [1.807, 2.05) is 12.1 Å². The number of carbonyl (C=O) groups excluding carboxylic acids is 2. The van der Waals surface area contributed by atoms with Crippen molar-refractivity contribution in [2.75, 3.05) is 11.4 Å². The lowest BCUT2D eigenvalue weighted by Crippen LogP contribution is -2.25. The maximum absolute atomic E-state index is 12.1. The highest BCUT2D eigenvalue weighted by Crippen LogP contribution is 2.31. The van der Waals surface area contributed by atoms with Gasteiger partial charge >= 0.3 is 0 Å². The van der Waals surface area contributed by atoms with Gasteiger partial charge in [-0.15, -0.1) is 0 Å². The van der Waals surface area contributed by atoms with E-state index >= 15 is 0 Å². The summed E-state index contributed by atoms with van der Waals surface area (Å²) >= 11 is 11.5. The fourth-order valence-electron chi connectivity index (χ4n) is 2.94. The van der Waals surface area contributed by atoms with Crippen molar-refractivity contribution in [3.63, 3.8) is 0 Å². The Morgan fingerprint density at radius 2 is 2.08 bits per heavy atom. The molecule has 1 amide bonds. The molecule has 126 valence electrons. The van der Waals surface area contributed by atoms with E-state index in [1.165, 1.54) is 0 Å². The first-order chi connectivity index (χ1) is 12.0. The van der Waals surface area contributed by atoms with Crippen molar-refractivity contribution < 1.29 is 14.0 Å². The van der Waals surface area contributed by atoms with E-state index in [0.29, 0.717) is 27.7 Å². The molecule has 1 atom stereocenters. The number of amides is 1. The predicted molar refractivity (Wildman–Crippen MR) is 95.8 cm³/mol. The highest BCUT2D eigenvalue weighted by molar-refractivity contribution is 6.64. The van der Waals surface area contributed by atoms with Gasteiger partial charge in [-0.1, -0.05) is 17.7 Å². The monoisotopic (exact) mass is 374 g/mol. The molecular formula is C18H12Cl2N2O3. The number of anilines is 1. The van der Waals surface area contributed by atoms with Crippen LogP contribution in [-0.2, 0) is 9.59 Å². The van der Waals surface area contributed by atoms with Crippen molar-refractivity contribution in [1.82, 2.24) is 4.98 Å². The predicted octanol–water partition coefficient (Wildman–Crippen LogP) is 4.27. The van der Waals surface area contributed by atoms with Crippen LogP contribution in [0.4, 0.5) is 5.69 Å². The minimum Gasteiger partial charge on any atom is -0.436 e. The van der Waals surface area contributed by atoms with Crippen LogP contribution in [0.3, 0.4) is 0 Å². The molecular weight excluding hydrogens is 363 g/mol. The number of rotatable bonds is 3. The number of hydrogen-bond acceptors (Lipinski definition) is 4. The number of carbonyl (C=O) groups is 2. The van der Waals surface area contributed by atoms with Gasteiger partial charge in [0.15, 0.2) is 5.58 Å². The topological polar surface area (TPSA) is 63.4 Å². The second-order valence-electron chi connectivity index (χ2n) is 5.89. The van der Waals surface area contributed by atoms with Crippen LogP contribution in [0.15, 0.2) is 46.9 Å². The quantitative estimate of drug-likeness (QED) is 0.642. The van der Waals surface area contributed by atoms with Gasteiger partial charge in [0, 0.05) is 29.2 Å². The molecule has 25 heavy (non-hydrogen) atoms. The minimum absolute atomic E-state index is 0.128. The van der Waals surface area contributed by atoms with Crippen molar-refractivity contribution in [3.05, 3.63) is 47.5 Å². The molecule has 0 N–H and O–H groups in total. The Morgan fingerprint density at radius 1 is 1.24 bits per heavy atom. The number of aromatic nitrogens is 1. The lowest BCUT2D eigenvalue weighted by molar-refractivity contribution is -0.120. The van der Waals surface area contributed by atoms with Crippen LogP contribution >= 0.6 is 23.2 Å². The summed E-state index contributed by atoms with van der Waals surface area (Å²) in [4.78, 5) is 29.5. The fraction of sp³-hybridized carbons (Fsp3) is 0.167. The van der Waals surface area contributed by atoms with Gasteiger partial charge in [-0.05, 0) is 48.0 Å². The first-order valence-corrected chi connectivity index (χ1v) is 8.43. The van der Waals surface area contributed by atoms with Crippen LogP contribution in [-0.4, -0.2) is 22.7 Å². The number of oxazole rings is 1. The third-order valence-corrected chi connectivity index (χ3v) is 4.74. The number of halogens is 2. The van der Waals surface area contributed by atoms with Gasteiger partial charge < -0.3 is 9.32 Å². The average Bonchev–Trinajstić information content (AvgIpc) is 3.17. The van der Waals surface area contributed by atoms with Crippen LogP contribution in [0, 0.1) is 5.92 Å². The van der Waals surface area contributed by atoms with Crippen molar-refractivity contribution in [2.45, 2.75) is 6.42 Å². The first kappa shape index (κ1) is 16.1. The minimum atomic E-state index is -0.485. The van der Waals surface area contributed by atoms with Crippen LogP contribution in [0.5, 0.6) is 0 Å². The van der Waals surface area contributed by atoms with Crippen molar-refractivity contribution in [2.24, 2.45) is 5.92 Å². The molecule has 1 fully saturated rings. The molecule has 0 saturated carbocycles. The van der Waals surface area contributed by atoms with E-state index in [4.69, 9.17) is 27.6 Å². The Hall–Kier alpha value is -2.37. The highest BCUT2D eigenvalue weighted by atomic mass is 35.5. The molecule has 0 bridgehead atoms. The van der Waals surface area contributed by atoms with Crippen molar-refractivity contribution >= 4 is 51.1 Å². The summed E-state index contributed by atoms with van der Waals surface area (Å²) in [5.74, 6) is -0.141. The van der Waals surface area contributed by atoms with Gasteiger partial charge in [-0.25, -0.2) is 4.98 Å². The molecule has 0 unspecified atom stereocenters. The molecule has 0 radical (unpaired) electrons. The van der Waals surface area contributed by atoms with Crippen LogP contribution in [0.25, 0.3) is 22.6 Å². The van der Waals surface area contributed by atoms with E-state index in [-0.39, 0.29) is 18.9 Å². The molecule has 1 aliphatic heterocycles. The zero-order valence-electron chi connectivity index (χ0n) is 12.9. The Balaban J connectivity index is 1.69. The van der Waals surface area contributed by atoms with E-state index in [2.05, 4.69) is 4.98 Å².